The van der Waals surface area contributed by atoms with Crippen LogP contribution in [0.1, 0.15) is 40.2 Å². The van der Waals surface area contributed by atoms with Gasteiger partial charge in [0.25, 0.3) is 0 Å². The number of aryl methyl sites for hydroxylation is 1. The van der Waals surface area contributed by atoms with Gasteiger partial charge in [-0.1, -0.05) is 54.0 Å². The molecule has 2 rings (SSSR count). The Kier molecular flexibility index (Phi) is 4.63. The van der Waals surface area contributed by atoms with Crippen molar-refractivity contribution in [2.45, 2.75) is 32.0 Å². The van der Waals surface area contributed by atoms with E-state index in [1.165, 1.54) is 21.6 Å². The second kappa shape index (κ2) is 6.03. The van der Waals surface area contributed by atoms with E-state index < -0.39 is 0 Å². The topological polar surface area (TPSA) is 0 Å². The molecule has 0 aliphatic heterocycles. The van der Waals surface area contributed by atoms with Crippen molar-refractivity contribution in [1.82, 2.24) is 0 Å². The van der Waals surface area contributed by atoms with E-state index in [1.807, 2.05) is 11.3 Å². The smallest absolute Gasteiger partial charge is 0.0740 e. The van der Waals surface area contributed by atoms with E-state index in [1.54, 1.807) is 0 Å². The summed E-state index contributed by atoms with van der Waals surface area (Å²) in [5.41, 5.74) is 4.14. The maximum atomic E-state index is 3.81. The third-order valence-corrected chi connectivity index (χ3v) is 5.42. The molecule has 1 aromatic carbocycles. The highest BCUT2D eigenvalue weighted by Crippen LogP contribution is 2.36. The molecule has 0 aliphatic rings. The summed E-state index contributed by atoms with van der Waals surface area (Å²) < 4.78 is 0. The highest BCUT2D eigenvalue weighted by Gasteiger charge is 2.13. The fraction of sp³-hybridized carbons (Fsp3) is 0.375. The van der Waals surface area contributed by atoms with E-state index in [4.69, 9.17) is 0 Å². The minimum Gasteiger partial charge on any atom is -0.147 e. The van der Waals surface area contributed by atoms with Crippen LogP contribution in [0.15, 0.2) is 35.7 Å². The number of rotatable bonds is 4. The molecule has 0 N–H and O–H groups in total. The molecule has 2 aromatic rings. The zero-order valence-corrected chi connectivity index (χ0v) is 13.5. The molecule has 1 atom stereocenters. The molecule has 0 amide bonds. The van der Waals surface area contributed by atoms with Gasteiger partial charge in [0.15, 0.2) is 0 Å². The van der Waals surface area contributed by atoms with Crippen molar-refractivity contribution in [3.05, 3.63) is 57.3 Å². The summed E-state index contributed by atoms with van der Waals surface area (Å²) in [7, 11) is 0. The summed E-state index contributed by atoms with van der Waals surface area (Å²) in [6.07, 6.45) is 1.16. The highest BCUT2D eigenvalue weighted by atomic mass is 79.9. The molecule has 18 heavy (non-hydrogen) atoms. The van der Waals surface area contributed by atoms with Crippen molar-refractivity contribution in [2.24, 2.45) is 5.92 Å². The van der Waals surface area contributed by atoms with Gasteiger partial charge >= 0.3 is 0 Å². The van der Waals surface area contributed by atoms with Crippen LogP contribution in [0.3, 0.4) is 0 Å². The molecule has 0 saturated heterocycles. The molecule has 1 aromatic heterocycles. The highest BCUT2D eigenvalue weighted by molar-refractivity contribution is 9.09. The van der Waals surface area contributed by atoms with Crippen molar-refractivity contribution in [3.8, 4) is 0 Å². The maximum Gasteiger partial charge on any atom is 0.0740 e. The van der Waals surface area contributed by atoms with Crippen LogP contribution < -0.4 is 0 Å². The first kappa shape index (κ1) is 13.8. The lowest BCUT2D eigenvalue weighted by Gasteiger charge is -2.11. The van der Waals surface area contributed by atoms with Gasteiger partial charge in [-0.3, -0.25) is 0 Å². The Bertz CT molecular complexity index is 496. The molecule has 0 spiro atoms. The second-order valence-electron chi connectivity index (χ2n) is 5.17. The lowest BCUT2D eigenvalue weighted by atomic mass is 10.0. The zero-order chi connectivity index (χ0) is 13.1. The van der Waals surface area contributed by atoms with E-state index in [0.717, 1.165) is 12.3 Å². The first-order valence-corrected chi connectivity index (χ1v) is 8.14. The largest absolute Gasteiger partial charge is 0.147 e. The maximum absolute atomic E-state index is 3.81. The molecule has 0 nitrogen and oxygen atoms in total. The first-order valence-electron chi connectivity index (χ1n) is 6.35. The minimum atomic E-state index is 0.325. The van der Waals surface area contributed by atoms with Crippen molar-refractivity contribution in [2.75, 3.05) is 0 Å². The predicted molar refractivity (Wildman–Crippen MR) is 84.8 cm³/mol. The number of halogens is 1. The van der Waals surface area contributed by atoms with Gasteiger partial charge in [0.2, 0.25) is 0 Å². The molecule has 96 valence electrons. The standard InChI is InChI=1S/C16H19BrS/c1-11(2)10-13-4-6-14(7-5-13)15(17)16-12(3)8-9-18-16/h4-9,11,15H,10H2,1-3H3. The number of alkyl halides is 1. The van der Waals surface area contributed by atoms with Crippen LogP contribution in [0.4, 0.5) is 0 Å². The van der Waals surface area contributed by atoms with Crippen molar-refractivity contribution in [1.29, 1.82) is 0 Å². The monoisotopic (exact) mass is 322 g/mol. The van der Waals surface area contributed by atoms with E-state index >= 15 is 0 Å². The van der Waals surface area contributed by atoms with Crippen LogP contribution in [-0.4, -0.2) is 0 Å². The van der Waals surface area contributed by atoms with Gasteiger partial charge in [-0.25, -0.2) is 0 Å². The van der Waals surface area contributed by atoms with Gasteiger partial charge in [-0.2, -0.15) is 0 Å². The van der Waals surface area contributed by atoms with E-state index in [0.29, 0.717) is 4.83 Å². The summed E-state index contributed by atoms with van der Waals surface area (Å²) in [5.74, 6) is 0.718. The molecular formula is C16H19BrS. The zero-order valence-electron chi connectivity index (χ0n) is 11.1. The van der Waals surface area contributed by atoms with Crippen LogP contribution in [0, 0.1) is 12.8 Å². The molecule has 0 aliphatic carbocycles. The Morgan fingerprint density at radius 3 is 2.28 bits per heavy atom. The fourth-order valence-corrected chi connectivity index (χ4v) is 4.01. The van der Waals surface area contributed by atoms with Gasteiger partial charge in [0, 0.05) is 4.88 Å². The van der Waals surface area contributed by atoms with Gasteiger partial charge in [0.05, 0.1) is 4.83 Å². The van der Waals surface area contributed by atoms with E-state index in [9.17, 15) is 0 Å². The third-order valence-electron chi connectivity index (χ3n) is 3.05. The lowest BCUT2D eigenvalue weighted by Crippen LogP contribution is -1.96. The first-order chi connectivity index (χ1) is 8.58. The number of benzene rings is 1. The molecule has 1 unspecified atom stereocenters. The molecule has 0 bridgehead atoms. The summed E-state index contributed by atoms with van der Waals surface area (Å²) in [5, 5.41) is 2.16. The lowest BCUT2D eigenvalue weighted by molar-refractivity contribution is 0.647. The summed E-state index contributed by atoms with van der Waals surface area (Å²) in [6.45, 7) is 6.69. The van der Waals surface area contributed by atoms with Crippen LogP contribution in [0.5, 0.6) is 0 Å². The summed E-state index contributed by atoms with van der Waals surface area (Å²) in [6, 6.07) is 11.2. The number of thiophene rings is 1. The van der Waals surface area contributed by atoms with Crippen molar-refractivity contribution < 1.29 is 0 Å². The summed E-state index contributed by atoms with van der Waals surface area (Å²) >= 11 is 5.63. The molecular weight excluding hydrogens is 304 g/mol. The molecule has 0 fully saturated rings. The molecule has 0 radical (unpaired) electrons. The Balaban J connectivity index is 2.17. The minimum absolute atomic E-state index is 0.325. The van der Waals surface area contributed by atoms with Crippen molar-refractivity contribution in [3.63, 3.8) is 0 Å². The van der Waals surface area contributed by atoms with Crippen LogP contribution in [0.25, 0.3) is 0 Å². The second-order valence-corrected chi connectivity index (χ2v) is 7.03. The van der Waals surface area contributed by atoms with Gasteiger partial charge in [-0.15, -0.1) is 11.3 Å². The number of hydrogen-bond donors (Lipinski definition) is 0. The van der Waals surface area contributed by atoms with Crippen molar-refractivity contribution >= 4 is 27.3 Å². The van der Waals surface area contributed by atoms with Gasteiger partial charge in [0.1, 0.15) is 0 Å². The summed E-state index contributed by atoms with van der Waals surface area (Å²) in [4.78, 5) is 1.73. The van der Waals surface area contributed by atoms with Crippen LogP contribution in [-0.2, 0) is 6.42 Å². The van der Waals surface area contributed by atoms with Gasteiger partial charge < -0.3 is 0 Å². The fourth-order valence-electron chi connectivity index (χ4n) is 2.09. The predicted octanol–water partition coefficient (Wildman–Crippen LogP) is 5.74. The Labute approximate surface area is 122 Å². The Morgan fingerprint density at radius 1 is 1.11 bits per heavy atom. The SMILES string of the molecule is Cc1ccsc1C(Br)c1ccc(CC(C)C)cc1. The van der Waals surface area contributed by atoms with Gasteiger partial charge in [-0.05, 0) is 47.4 Å². The number of hydrogen-bond acceptors (Lipinski definition) is 1. The Morgan fingerprint density at radius 2 is 1.78 bits per heavy atom. The van der Waals surface area contributed by atoms with E-state index in [-0.39, 0.29) is 0 Å². The average Bonchev–Trinajstić information content (AvgIpc) is 2.75. The Hall–Kier alpha value is -0.600. The molecule has 1 heterocycles. The third kappa shape index (κ3) is 3.24. The average molecular weight is 323 g/mol. The quantitative estimate of drug-likeness (QED) is 0.629. The normalized spacial score (nSPS) is 12.9. The molecule has 0 saturated carbocycles. The van der Waals surface area contributed by atoms with E-state index in [2.05, 4.69) is 72.4 Å². The van der Waals surface area contributed by atoms with Crippen LogP contribution >= 0.6 is 27.3 Å². The molecule has 2 heteroatoms. The van der Waals surface area contributed by atoms with Crippen LogP contribution in [0.2, 0.25) is 0 Å².